The number of thiophene rings is 2. The first-order valence-electron chi connectivity index (χ1n) is 3.46. The highest BCUT2D eigenvalue weighted by Gasteiger charge is 1.59. The van der Waals surface area contributed by atoms with Crippen molar-refractivity contribution in [1.82, 2.24) is 0 Å². The molecule has 0 fully saturated rings. The van der Waals surface area contributed by atoms with E-state index < -0.39 is 0 Å². The Morgan fingerprint density at radius 2 is 0.923 bits per heavy atom. The molecule has 0 saturated carbocycles. The Bertz CT molecular complexity index is 172. The number of rotatable bonds is 0. The molecule has 0 spiro atoms. The second kappa shape index (κ2) is 11.4. The molecule has 0 saturated heterocycles. The molecule has 0 atom stereocenters. The first kappa shape index (κ1) is 12.4. The van der Waals surface area contributed by atoms with Crippen LogP contribution in [0.15, 0.2) is 45.8 Å². The molecule has 0 unspecified atom stereocenters. The Balaban J connectivity index is 0.000000174. The van der Waals surface area contributed by atoms with E-state index in [1.165, 1.54) is 0 Å². The van der Waals surface area contributed by atoms with Crippen LogP contribution < -0.4 is 0 Å². The second-order valence-electron chi connectivity index (χ2n) is 1.70. The van der Waals surface area contributed by atoms with Crippen molar-refractivity contribution in [3.8, 4) is 0 Å². The predicted molar refractivity (Wildman–Crippen MR) is 58.8 cm³/mol. The highest BCUT2D eigenvalue weighted by molar-refractivity contribution is 7.08. The Hall–Kier alpha value is -0.615. The van der Waals surface area contributed by atoms with Crippen molar-refractivity contribution in [3.63, 3.8) is 0 Å². The van der Waals surface area contributed by atoms with Crippen molar-refractivity contribution in [2.24, 2.45) is 0 Å². The molecular formula is C8H10BO2S2. The maximum atomic E-state index is 7.00. The first-order chi connectivity index (χ1) is 6.41. The molecule has 2 aromatic heterocycles. The summed E-state index contributed by atoms with van der Waals surface area (Å²) in [4.78, 5) is 0. The average Bonchev–Trinajstić information content (AvgIpc) is 2.85. The van der Waals surface area contributed by atoms with Gasteiger partial charge in [-0.05, 0) is 21.5 Å². The summed E-state index contributed by atoms with van der Waals surface area (Å²) in [5, 5.41) is 22.2. The normalized spacial score (nSPS) is 7.23. The molecule has 2 rings (SSSR count). The van der Waals surface area contributed by atoms with E-state index in [4.69, 9.17) is 10.0 Å². The Labute approximate surface area is 86.4 Å². The van der Waals surface area contributed by atoms with Gasteiger partial charge in [-0.2, -0.15) is 22.7 Å². The minimum absolute atomic E-state index is 0. The molecular weight excluding hydrogens is 203 g/mol. The second-order valence-corrected chi connectivity index (χ2v) is 3.33. The molecule has 1 radical (unpaired) electrons. The fraction of sp³-hybridized carbons (Fsp3) is 0. The largest absolute Gasteiger partial charge is 0.482 e. The molecule has 13 heavy (non-hydrogen) atoms. The maximum Gasteiger partial charge on any atom is 0.482 e. The van der Waals surface area contributed by atoms with Crippen LogP contribution >= 0.6 is 22.7 Å². The van der Waals surface area contributed by atoms with Gasteiger partial charge in [0, 0.05) is 0 Å². The minimum Gasteiger partial charge on any atom is -0.429 e. The Morgan fingerprint density at radius 1 is 0.692 bits per heavy atom. The zero-order valence-electron chi connectivity index (χ0n) is 6.91. The van der Waals surface area contributed by atoms with Crippen LogP contribution in [0.2, 0.25) is 0 Å². The SMILES string of the molecule is O[B]O.c1ccsc1.c1ccsc1. The molecule has 5 heteroatoms. The maximum absolute atomic E-state index is 7.00. The highest BCUT2D eigenvalue weighted by Crippen LogP contribution is 1.92. The summed E-state index contributed by atoms with van der Waals surface area (Å²) in [6, 6.07) is 8.07. The van der Waals surface area contributed by atoms with Crippen molar-refractivity contribution in [1.29, 1.82) is 0 Å². The number of hydrogen-bond acceptors (Lipinski definition) is 4. The third-order valence-corrected chi connectivity index (χ3v) is 2.11. The molecule has 0 bridgehead atoms. The summed E-state index contributed by atoms with van der Waals surface area (Å²) >= 11 is 3.43. The van der Waals surface area contributed by atoms with Gasteiger partial charge in [0.05, 0.1) is 0 Å². The van der Waals surface area contributed by atoms with Crippen LogP contribution in [0.25, 0.3) is 0 Å². The van der Waals surface area contributed by atoms with Gasteiger partial charge >= 0.3 is 7.69 Å². The van der Waals surface area contributed by atoms with Gasteiger partial charge in [-0.1, -0.05) is 24.3 Å². The van der Waals surface area contributed by atoms with Gasteiger partial charge in [-0.15, -0.1) is 0 Å². The zero-order valence-corrected chi connectivity index (χ0v) is 8.54. The lowest BCUT2D eigenvalue weighted by atomic mass is 10.5. The van der Waals surface area contributed by atoms with Gasteiger partial charge in [0.25, 0.3) is 0 Å². The van der Waals surface area contributed by atoms with Crippen LogP contribution in [-0.4, -0.2) is 17.7 Å². The lowest BCUT2D eigenvalue weighted by Crippen LogP contribution is -1.75. The van der Waals surface area contributed by atoms with E-state index in [1.807, 2.05) is 45.8 Å². The minimum atomic E-state index is 0. The van der Waals surface area contributed by atoms with Crippen LogP contribution in [0, 0.1) is 0 Å². The van der Waals surface area contributed by atoms with Crippen molar-refractivity contribution in [2.45, 2.75) is 0 Å². The summed E-state index contributed by atoms with van der Waals surface area (Å²) in [5.74, 6) is 0. The molecule has 0 aliphatic heterocycles. The van der Waals surface area contributed by atoms with E-state index in [-0.39, 0.29) is 7.69 Å². The van der Waals surface area contributed by atoms with Crippen molar-refractivity contribution in [3.05, 3.63) is 45.8 Å². The number of hydrogen-bond donors (Lipinski definition) is 2. The molecule has 69 valence electrons. The lowest BCUT2D eigenvalue weighted by molar-refractivity contribution is 0.448. The summed E-state index contributed by atoms with van der Waals surface area (Å²) in [7, 11) is 0. The van der Waals surface area contributed by atoms with Crippen molar-refractivity contribution < 1.29 is 10.0 Å². The third-order valence-electron chi connectivity index (χ3n) is 0.851. The lowest BCUT2D eigenvalue weighted by Gasteiger charge is -1.46. The van der Waals surface area contributed by atoms with E-state index in [1.54, 1.807) is 22.7 Å². The summed E-state index contributed by atoms with van der Waals surface area (Å²) < 4.78 is 0. The van der Waals surface area contributed by atoms with Crippen LogP contribution in [0.1, 0.15) is 0 Å². The fourth-order valence-corrected chi connectivity index (χ4v) is 1.36. The van der Waals surface area contributed by atoms with Crippen LogP contribution in [-0.2, 0) is 0 Å². The Morgan fingerprint density at radius 3 is 1.00 bits per heavy atom. The van der Waals surface area contributed by atoms with Gasteiger partial charge in [0.1, 0.15) is 0 Å². The van der Waals surface area contributed by atoms with Crippen molar-refractivity contribution >= 4 is 30.4 Å². The van der Waals surface area contributed by atoms with E-state index >= 15 is 0 Å². The van der Waals surface area contributed by atoms with Crippen LogP contribution in [0.3, 0.4) is 0 Å². The molecule has 0 amide bonds. The van der Waals surface area contributed by atoms with Gasteiger partial charge in [-0.25, -0.2) is 0 Å². The van der Waals surface area contributed by atoms with E-state index in [2.05, 4.69) is 0 Å². The quantitative estimate of drug-likeness (QED) is 0.657. The van der Waals surface area contributed by atoms with Gasteiger partial charge in [0.2, 0.25) is 0 Å². The van der Waals surface area contributed by atoms with E-state index in [0.29, 0.717) is 0 Å². The summed E-state index contributed by atoms with van der Waals surface area (Å²) in [6.45, 7) is 0. The standard InChI is InChI=1S/2C4H4S.BH2O2/c2*1-2-4-5-3-1;2-1-3/h2*1-4H;2-3H. The van der Waals surface area contributed by atoms with Crippen molar-refractivity contribution in [2.75, 3.05) is 0 Å². The Kier molecular flexibility index (Phi) is 10.8. The smallest absolute Gasteiger partial charge is 0.429 e. The van der Waals surface area contributed by atoms with Crippen LogP contribution in [0.5, 0.6) is 0 Å². The van der Waals surface area contributed by atoms with E-state index in [9.17, 15) is 0 Å². The topological polar surface area (TPSA) is 40.5 Å². The summed E-state index contributed by atoms with van der Waals surface area (Å²) in [5.41, 5.74) is 0. The molecule has 2 N–H and O–H groups in total. The zero-order chi connectivity index (χ0) is 9.78. The first-order valence-corrected chi connectivity index (χ1v) is 5.34. The molecule has 2 nitrogen and oxygen atoms in total. The third kappa shape index (κ3) is 11.4. The predicted octanol–water partition coefficient (Wildman–Crippen LogP) is 2.00. The molecule has 0 aliphatic carbocycles. The molecule has 0 aromatic carbocycles. The highest BCUT2D eigenvalue weighted by atomic mass is 32.1. The van der Waals surface area contributed by atoms with Gasteiger partial charge in [0.15, 0.2) is 0 Å². The molecule has 2 aromatic rings. The average molecular weight is 213 g/mol. The van der Waals surface area contributed by atoms with Crippen LogP contribution in [0.4, 0.5) is 0 Å². The van der Waals surface area contributed by atoms with Gasteiger partial charge in [-0.3, -0.25) is 0 Å². The van der Waals surface area contributed by atoms with Gasteiger partial charge < -0.3 is 10.0 Å². The monoisotopic (exact) mass is 213 g/mol. The van der Waals surface area contributed by atoms with E-state index in [0.717, 1.165) is 0 Å². The molecule has 0 aliphatic rings. The fourth-order valence-electron chi connectivity index (χ4n) is 0.454. The summed E-state index contributed by atoms with van der Waals surface area (Å²) in [6.07, 6.45) is 0. The molecule has 2 heterocycles.